The summed E-state index contributed by atoms with van der Waals surface area (Å²) in [6.07, 6.45) is -0.681. The van der Waals surface area contributed by atoms with Crippen LogP contribution in [0.1, 0.15) is 30.1 Å². The first kappa shape index (κ1) is 15.8. The van der Waals surface area contributed by atoms with E-state index in [0.717, 1.165) is 4.90 Å². The highest BCUT2D eigenvalue weighted by Gasteiger charge is 2.33. The molecule has 0 bridgehead atoms. The van der Waals surface area contributed by atoms with Gasteiger partial charge in [0.2, 0.25) is 0 Å². The molecule has 0 spiro atoms. The predicted octanol–water partition coefficient (Wildman–Crippen LogP) is 3.54. The molecule has 1 heterocycles. The fourth-order valence-electron chi connectivity index (χ4n) is 1.52. The molecule has 0 saturated heterocycles. The molecule has 0 aliphatic rings. The minimum Gasteiger partial charge on any atom is -0.329 e. The Labute approximate surface area is 114 Å². The van der Waals surface area contributed by atoms with E-state index >= 15 is 0 Å². The summed E-state index contributed by atoms with van der Waals surface area (Å²) in [6.45, 7) is 0.602. The van der Waals surface area contributed by atoms with Crippen LogP contribution >= 0.6 is 11.6 Å². The van der Waals surface area contributed by atoms with Crippen LogP contribution in [-0.2, 0) is 0 Å². The average molecular weight is 295 g/mol. The summed E-state index contributed by atoms with van der Waals surface area (Å²) < 4.78 is 37.4. The standard InChI is InChI=1S/C12H14ClF3N2O/c1-2-3-6-18(8-12(14,15)16)11(19)9-7-17-5-4-10(9)13/h4-5,7H,2-3,6,8H2,1H3. The largest absolute Gasteiger partial charge is 0.406 e. The molecule has 0 aliphatic carbocycles. The van der Waals surface area contributed by atoms with E-state index in [9.17, 15) is 18.0 Å². The van der Waals surface area contributed by atoms with Gasteiger partial charge in [-0.15, -0.1) is 0 Å². The van der Waals surface area contributed by atoms with Crippen LogP contribution in [0.2, 0.25) is 5.02 Å². The molecule has 19 heavy (non-hydrogen) atoms. The first-order valence-electron chi connectivity index (χ1n) is 5.80. The summed E-state index contributed by atoms with van der Waals surface area (Å²) in [4.78, 5) is 16.5. The molecule has 0 fully saturated rings. The third-order valence-electron chi connectivity index (χ3n) is 2.44. The molecule has 7 heteroatoms. The first-order chi connectivity index (χ1) is 8.85. The van der Waals surface area contributed by atoms with Gasteiger partial charge in [0.1, 0.15) is 6.54 Å². The van der Waals surface area contributed by atoms with Crippen LogP contribution < -0.4 is 0 Å². The molecule has 0 aromatic carbocycles. The maximum atomic E-state index is 12.5. The number of rotatable bonds is 5. The molecule has 0 N–H and O–H groups in total. The summed E-state index contributed by atoms with van der Waals surface area (Å²) in [5.41, 5.74) is -0.00970. The first-order valence-corrected chi connectivity index (χ1v) is 6.18. The van der Waals surface area contributed by atoms with Gasteiger partial charge in [-0.25, -0.2) is 0 Å². The van der Waals surface area contributed by atoms with Gasteiger partial charge in [0.15, 0.2) is 0 Å². The molecule has 3 nitrogen and oxygen atoms in total. The number of hydrogen-bond donors (Lipinski definition) is 0. The molecule has 1 rings (SSSR count). The van der Waals surface area contributed by atoms with Crippen molar-refractivity contribution in [1.82, 2.24) is 9.88 Å². The highest BCUT2D eigenvalue weighted by atomic mass is 35.5. The van der Waals surface area contributed by atoms with Gasteiger partial charge in [0.25, 0.3) is 5.91 Å². The number of aromatic nitrogens is 1. The van der Waals surface area contributed by atoms with Crippen molar-refractivity contribution in [2.45, 2.75) is 25.9 Å². The Bertz CT molecular complexity index is 437. The van der Waals surface area contributed by atoms with E-state index in [0.29, 0.717) is 12.8 Å². The number of pyridine rings is 1. The predicted molar refractivity (Wildman–Crippen MR) is 66.1 cm³/mol. The molecule has 1 amide bonds. The van der Waals surface area contributed by atoms with E-state index in [4.69, 9.17) is 11.6 Å². The zero-order valence-corrected chi connectivity index (χ0v) is 11.1. The lowest BCUT2D eigenvalue weighted by atomic mass is 10.2. The van der Waals surface area contributed by atoms with Gasteiger partial charge in [-0.05, 0) is 12.5 Å². The van der Waals surface area contributed by atoms with Gasteiger partial charge < -0.3 is 4.90 Å². The van der Waals surface area contributed by atoms with E-state index in [1.54, 1.807) is 0 Å². The van der Waals surface area contributed by atoms with Crippen molar-refractivity contribution in [3.05, 3.63) is 29.0 Å². The van der Waals surface area contributed by atoms with Crippen molar-refractivity contribution in [1.29, 1.82) is 0 Å². The van der Waals surface area contributed by atoms with Gasteiger partial charge in [0.05, 0.1) is 10.6 Å². The maximum Gasteiger partial charge on any atom is 0.406 e. The molecule has 0 atom stereocenters. The second-order valence-electron chi connectivity index (χ2n) is 4.05. The van der Waals surface area contributed by atoms with Gasteiger partial charge in [0, 0.05) is 18.9 Å². The molecule has 0 aliphatic heterocycles. The fourth-order valence-corrected chi connectivity index (χ4v) is 1.71. The van der Waals surface area contributed by atoms with Gasteiger partial charge in [-0.2, -0.15) is 13.2 Å². The Hall–Kier alpha value is -1.30. The molecule has 1 aromatic rings. The zero-order chi connectivity index (χ0) is 14.5. The summed E-state index contributed by atoms with van der Waals surface area (Å²) in [7, 11) is 0. The van der Waals surface area contributed by atoms with Crippen molar-refractivity contribution in [3.8, 4) is 0 Å². The Morgan fingerprint density at radius 3 is 2.68 bits per heavy atom. The van der Waals surface area contributed by atoms with Crippen LogP contribution in [0.4, 0.5) is 13.2 Å². The summed E-state index contributed by atoms with van der Waals surface area (Å²) in [5, 5.41) is 0.101. The average Bonchev–Trinajstić information content (AvgIpc) is 2.33. The zero-order valence-electron chi connectivity index (χ0n) is 10.4. The maximum absolute atomic E-state index is 12.5. The van der Waals surface area contributed by atoms with Gasteiger partial charge in [-0.3, -0.25) is 9.78 Å². The Morgan fingerprint density at radius 1 is 1.47 bits per heavy atom. The lowest BCUT2D eigenvalue weighted by Crippen LogP contribution is -2.39. The third kappa shape index (κ3) is 5.06. The summed E-state index contributed by atoms with van der Waals surface area (Å²) in [6, 6.07) is 1.38. The topological polar surface area (TPSA) is 33.2 Å². The van der Waals surface area contributed by atoms with Crippen LogP contribution in [0.3, 0.4) is 0 Å². The number of nitrogens with zero attached hydrogens (tertiary/aromatic N) is 2. The second-order valence-corrected chi connectivity index (χ2v) is 4.46. The van der Waals surface area contributed by atoms with Gasteiger partial charge >= 0.3 is 6.18 Å². The van der Waals surface area contributed by atoms with Crippen molar-refractivity contribution in [2.75, 3.05) is 13.1 Å². The molecule has 1 aromatic heterocycles. The lowest BCUT2D eigenvalue weighted by Gasteiger charge is -2.24. The van der Waals surface area contributed by atoms with Crippen molar-refractivity contribution >= 4 is 17.5 Å². The van der Waals surface area contributed by atoms with E-state index in [-0.39, 0.29) is 17.1 Å². The second kappa shape index (κ2) is 6.75. The number of hydrogen-bond acceptors (Lipinski definition) is 2. The van der Waals surface area contributed by atoms with E-state index in [1.165, 1.54) is 18.5 Å². The van der Waals surface area contributed by atoms with Crippen LogP contribution in [-0.4, -0.2) is 35.1 Å². The fraction of sp³-hybridized carbons (Fsp3) is 0.500. The number of carbonyl (C=O) groups is 1. The van der Waals surface area contributed by atoms with Crippen LogP contribution in [0, 0.1) is 0 Å². The number of amides is 1. The molecule has 0 unspecified atom stereocenters. The molecule has 0 radical (unpaired) electrons. The number of alkyl halides is 3. The smallest absolute Gasteiger partial charge is 0.329 e. The molecular weight excluding hydrogens is 281 g/mol. The molecular formula is C12H14ClF3N2O. The summed E-state index contributed by atoms with van der Waals surface area (Å²) >= 11 is 5.80. The Kier molecular flexibility index (Phi) is 5.60. The van der Waals surface area contributed by atoms with Crippen LogP contribution in [0.5, 0.6) is 0 Å². The third-order valence-corrected chi connectivity index (χ3v) is 2.77. The highest BCUT2D eigenvalue weighted by molar-refractivity contribution is 6.33. The Morgan fingerprint density at radius 2 is 2.16 bits per heavy atom. The number of unbranched alkanes of at least 4 members (excludes halogenated alkanes) is 1. The van der Waals surface area contributed by atoms with Crippen molar-refractivity contribution < 1.29 is 18.0 Å². The highest BCUT2D eigenvalue weighted by Crippen LogP contribution is 2.21. The Balaban J connectivity index is 2.91. The number of carbonyl (C=O) groups excluding carboxylic acids is 1. The molecule has 0 saturated carbocycles. The van der Waals surface area contributed by atoms with Crippen molar-refractivity contribution in [3.63, 3.8) is 0 Å². The monoisotopic (exact) mass is 294 g/mol. The van der Waals surface area contributed by atoms with Crippen LogP contribution in [0.25, 0.3) is 0 Å². The van der Waals surface area contributed by atoms with Crippen LogP contribution in [0.15, 0.2) is 18.5 Å². The van der Waals surface area contributed by atoms with Gasteiger partial charge in [-0.1, -0.05) is 24.9 Å². The quantitative estimate of drug-likeness (QED) is 0.832. The number of halogens is 4. The minimum absolute atomic E-state index is 0.00970. The molecule has 106 valence electrons. The van der Waals surface area contributed by atoms with Crippen molar-refractivity contribution in [2.24, 2.45) is 0 Å². The van der Waals surface area contributed by atoms with E-state index in [2.05, 4.69) is 4.98 Å². The SMILES string of the molecule is CCCCN(CC(F)(F)F)C(=O)c1cnccc1Cl. The van der Waals surface area contributed by atoms with E-state index in [1.807, 2.05) is 6.92 Å². The minimum atomic E-state index is -4.43. The lowest BCUT2D eigenvalue weighted by molar-refractivity contribution is -0.140. The van der Waals surface area contributed by atoms with E-state index < -0.39 is 18.6 Å². The summed E-state index contributed by atoms with van der Waals surface area (Å²) in [5.74, 6) is -0.746. The normalized spacial score (nSPS) is 11.4.